The van der Waals surface area contributed by atoms with Gasteiger partial charge in [-0.1, -0.05) is 47.5 Å². The largest absolute Gasteiger partial charge is 0.508 e. The molecule has 1 aromatic heterocycles. The summed E-state index contributed by atoms with van der Waals surface area (Å²) < 4.78 is 34.2. The Labute approximate surface area is 234 Å². The van der Waals surface area contributed by atoms with Crippen LogP contribution in [0.15, 0.2) is 83.1 Å². The fourth-order valence-corrected chi connectivity index (χ4v) is 6.39. The Hall–Kier alpha value is -3.28. The number of benzene rings is 3. The monoisotopic (exact) mass is 591 g/mol. The van der Waals surface area contributed by atoms with Gasteiger partial charge in [-0.25, -0.2) is 17.9 Å². The first-order valence-corrected chi connectivity index (χ1v) is 14.4. The lowest BCUT2D eigenvalue weighted by atomic mass is 10.1. The maximum atomic E-state index is 12.8. The number of hydrogen-bond donors (Lipinski definition) is 4. The van der Waals surface area contributed by atoms with Crippen LogP contribution in [0.4, 0.5) is 10.5 Å². The second-order valence-corrected chi connectivity index (χ2v) is 12.0. The smallest absolute Gasteiger partial charge is 0.319 e. The lowest BCUT2D eigenvalue weighted by Gasteiger charge is -2.11. The summed E-state index contributed by atoms with van der Waals surface area (Å²) in [5, 5.41) is 15.6. The van der Waals surface area contributed by atoms with Gasteiger partial charge < -0.3 is 20.5 Å². The molecule has 0 saturated carbocycles. The third-order valence-corrected chi connectivity index (χ3v) is 8.63. The summed E-state index contributed by atoms with van der Waals surface area (Å²) in [6, 6.07) is 21.5. The molecule has 0 radical (unpaired) electrons. The predicted molar refractivity (Wildman–Crippen MR) is 151 cm³/mol. The Balaban J connectivity index is 1.33. The van der Waals surface area contributed by atoms with E-state index >= 15 is 0 Å². The number of phenols is 1. The maximum Gasteiger partial charge on any atom is 0.319 e. The van der Waals surface area contributed by atoms with E-state index in [0.29, 0.717) is 21.5 Å². The van der Waals surface area contributed by atoms with Crippen LogP contribution < -0.4 is 20.1 Å². The van der Waals surface area contributed by atoms with Gasteiger partial charge >= 0.3 is 6.03 Å². The Kier molecular flexibility index (Phi) is 9.13. The molecule has 4 N–H and O–H groups in total. The summed E-state index contributed by atoms with van der Waals surface area (Å²) in [5.74, 6) is 0.743. The van der Waals surface area contributed by atoms with Crippen molar-refractivity contribution in [1.29, 1.82) is 0 Å². The summed E-state index contributed by atoms with van der Waals surface area (Å²) >= 11 is 12.9. The van der Waals surface area contributed by atoms with E-state index in [-0.39, 0.29) is 29.7 Å². The van der Waals surface area contributed by atoms with E-state index in [1.807, 2.05) is 24.3 Å². The molecule has 0 aliphatic heterocycles. The second kappa shape index (κ2) is 12.5. The molecular weight excluding hydrogens is 569 g/mol. The molecular formula is C26H23Cl2N3O5S2. The predicted octanol–water partition coefficient (Wildman–Crippen LogP) is 6.11. The standard InChI is InChI=1S/C26H23Cl2N3O5S2/c27-18-13-19(28)15-20(14-18)31-26(33)29-10-11-30-38(34,35)25-9-8-24(37-25)22-6-1-2-7-23(22)36-16-17-4-3-5-21(32)12-17/h1-9,12-15,30,32H,10-11,16H2,(H2,29,31,33). The molecule has 4 rings (SSSR count). The zero-order valence-corrected chi connectivity index (χ0v) is 22.9. The average Bonchev–Trinajstić information content (AvgIpc) is 3.36. The lowest BCUT2D eigenvalue weighted by Crippen LogP contribution is -2.36. The first-order valence-electron chi connectivity index (χ1n) is 11.3. The van der Waals surface area contributed by atoms with E-state index in [4.69, 9.17) is 27.9 Å². The first kappa shape index (κ1) is 27.7. The van der Waals surface area contributed by atoms with Gasteiger partial charge in [-0.2, -0.15) is 0 Å². The number of amides is 2. The average molecular weight is 593 g/mol. The lowest BCUT2D eigenvalue weighted by molar-refractivity contribution is 0.252. The summed E-state index contributed by atoms with van der Waals surface area (Å²) in [6.45, 7) is 0.292. The van der Waals surface area contributed by atoms with E-state index in [1.54, 1.807) is 48.5 Å². The van der Waals surface area contributed by atoms with Crippen LogP contribution in [-0.2, 0) is 16.6 Å². The molecule has 0 bridgehead atoms. The Morgan fingerprint density at radius 2 is 1.68 bits per heavy atom. The molecule has 2 amide bonds. The Morgan fingerprint density at radius 3 is 2.45 bits per heavy atom. The minimum absolute atomic E-state index is 0.0110. The van der Waals surface area contributed by atoms with Gasteiger partial charge in [0.05, 0.1) is 0 Å². The molecule has 0 aliphatic rings. The SMILES string of the molecule is O=C(NCCNS(=O)(=O)c1ccc(-c2ccccc2OCc2cccc(O)c2)s1)Nc1cc(Cl)cc(Cl)c1. The number of aromatic hydroxyl groups is 1. The molecule has 8 nitrogen and oxygen atoms in total. The first-order chi connectivity index (χ1) is 18.2. The van der Waals surface area contributed by atoms with Crippen LogP contribution in [-0.4, -0.2) is 32.6 Å². The molecule has 38 heavy (non-hydrogen) atoms. The van der Waals surface area contributed by atoms with Crippen molar-refractivity contribution < 1.29 is 23.1 Å². The second-order valence-electron chi connectivity index (χ2n) is 8.01. The number of carbonyl (C=O) groups excluding carboxylic acids is 1. The van der Waals surface area contributed by atoms with Gasteiger partial charge in [0.2, 0.25) is 10.0 Å². The molecule has 0 spiro atoms. The van der Waals surface area contributed by atoms with Crippen molar-refractivity contribution >= 4 is 56.3 Å². The zero-order chi connectivity index (χ0) is 27.1. The Morgan fingerprint density at radius 1 is 0.921 bits per heavy atom. The normalized spacial score (nSPS) is 11.2. The van der Waals surface area contributed by atoms with Crippen LogP contribution in [0.3, 0.4) is 0 Å². The number of thiophene rings is 1. The van der Waals surface area contributed by atoms with Crippen LogP contribution in [0.1, 0.15) is 5.56 Å². The van der Waals surface area contributed by atoms with Crippen molar-refractivity contribution in [3.63, 3.8) is 0 Å². The molecule has 0 aliphatic carbocycles. The molecule has 0 saturated heterocycles. The number of nitrogens with one attached hydrogen (secondary N) is 3. The topological polar surface area (TPSA) is 117 Å². The summed E-state index contributed by atoms with van der Waals surface area (Å²) in [5.41, 5.74) is 1.97. The van der Waals surface area contributed by atoms with Crippen LogP contribution >= 0.6 is 34.5 Å². The molecule has 198 valence electrons. The molecule has 0 atom stereocenters. The molecule has 1 heterocycles. The quantitative estimate of drug-likeness (QED) is 0.166. The number of para-hydroxylation sites is 1. The molecule has 12 heteroatoms. The van der Waals surface area contributed by atoms with Crippen molar-refractivity contribution in [2.75, 3.05) is 18.4 Å². The minimum Gasteiger partial charge on any atom is -0.508 e. The Bertz CT molecular complexity index is 1520. The minimum atomic E-state index is -3.80. The van der Waals surface area contributed by atoms with E-state index in [2.05, 4.69) is 15.4 Å². The van der Waals surface area contributed by atoms with Crippen LogP contribution in [0, 0.1) is 0 Å². The number of halogens is 2. The van der Waals surface area contributed by atoms with E-state index in [9.17, 15) is 18.3 Å². The van der Waals surface area contributed by atoms with Crippen molar-refractivity contribution in [2.45, 2.75) is 10.8 Å². The van der Waals surface area contributed by atoms with Gasteiger partial charge in [0.25, 0.3) is 0 Å². The van der Waals surface area contributed by atoms with Crippen molar-refractivity contribution in [3.8, 4) is 21.9 Å². The number of urea groups is 1. The third kappa shape index (κ3) is 7.62. The molecule has 4 aromatic rings. The third-order valence-electron chi connectivity index (χ3n) is 5.13. The van der Waals surface area contributed by atoms with E-state index in [1.165, 1.54) is 6.07 Å². The molecule has 3 aromatic carbocycles. The maximum absolute atomic E-state index is 12.8. The van der Waals surface area contributed by atoms with Gasteiger partial charge in [-0.3, -0.25) is 0 Å². The fraction of sp³-hybridized carbons (Fsp3) is 0.115. The van der Waals surface area contributed by atoms with E-state index in [0.717, 1.165) is 27.3 Å². The van der Waals surface area contributed by atoms with Crippen LogP contribution in [0.5, 0.6) is 11.5 Å². The highest BCUT2D eigenvalue weighted by Crippen LogP contribution is 2.36. The van der Waals surface area contributed by atoms with Gasteiger partial charge in [-0.05, 0) is 60.2 Å². The summed E-state index contributed by atoms with van der Waals surface area (Å²) in [6.07, 6.45) is 0. The van der Waals surface area contributed by atoms with Gasteiger partial charge in [0.15, 0.2) is 0 Å². The number of phenolic OH excluding ortho intramolecular Hbond substituents is 1. The summed E-state index contributed by atoms with van der Waals surface area (Å²) in [7, 11) is -3.80. The van der Waals surface area contributed by atoms with E-state index < -0.39 is 16.1 Å². The van der Waals surface area contributed by atoms with Crippen molar-refractivity contribution in [3.05, 3.63) is 94.5 Å². The summed E-state index contributed by atoms with van der Waals surface area (Å²) in [4.78, 5) is 12.8. The number of rotatable bonds is 10. The highest BCUT2D eigenvalue weighted by atomic mass is 35.5. The number of hydrogen-bond acceptors (Lipinski definition) is 6. The highest BCUT2D eigenvalue weighted by molar-refractivity contribution is 7.91. The van der Waals surface area contributed by atoms with Crippen molar-refractivity contribution in [2.24, 2.45) is 0 Å². The number of sulfonamides is 1. The number of ether oxygens (including phenoxy) is 1. The molecule has 0 fully saturated rings. The van der Waals surface area contributed by atoms with Gasteiger partial charge in [-0.15, -0.1) is 11.3 Å². The fourth-order valence-electron chi connectivity index (χ4n) is 3.45. The molecule has 0 unspecified atom stereocenters. The van der Waals surface area contributed by atoms with Crippen LogP contribution in [0.25, 0.3) is 10.4 Å². The van der Waals surface area contributed by atoms with Gasteiger partial charge in [0, 0.05) is 39.3 Å². The van der Waals surface area contributed by atoms with Crippen molar-refractivity contribution in [1.82, 2.24) is 10.0 Å². The number of anilines is 1. The number of carbonyl (C=O) groups is 1. The highest BCUT2D eigenvalue weighted by Gasteiger charge is 2.18. The van der Waals surface area contributed by atoms with Crippen LogP contribution in [0.2, 0.25) is 10.0 Å². The van der Waals surface area contributed by atoms with Gasteiger partial charge in [0.1, 0.15) is 22.3 Å². The zero-order valence-electron chi connectivity index (χ0n) is 19.8.